The lowest BCUT2D eigenvalue weighted by atomic mass is 10.1. The molecule has 1 unspecified atom stereocenters. The summed E-state index contributed by atoms with van der Waals surface area (Å²) in [6.45, 7) is 0.635. The number of pyridine rings is 1. The van der Waals surface area contributed by atoms with E-state index in [0.29, 0.717) is 18.0 Å². The second kappa shape index (κ2) is 5.01. The number of rotatable bonds is 2. The summed E-state index contributed by atoms with van der Waals surface area (Å²) in [5.41, 5.74) is 0. The van der Waals surface area contributed by atoms with Gasteiger partial charge in [-0.2, -0.15) is 0 Å². The van der Waals surface area contributed by atoms with Crippen LogP contribution in [0.5, 0.6) is 0 Å². The van der Waals surface area contributed by atoms with Crippen molar-refractivity contribution in [2.24, 2.45) is 0 Å². The van der Waals surface area contributed by atoms with Crippen LogP contribution in [-0.2, 0) is 4.79 Å². The SMILES string of the molecule is O=C1CCC(Nc2ncc(Cl)cc2Br)CN1. The van der Waals surface area contributed by atoms with Gasteiger partial charge in [-0.1, -0.05) is 11.6 Å². The van der Waals surface area contributed by atoms with Gasteiger partial charge in [-0.15, -0.1) is 0 Å². The molecule has 16 heavy (non-hydrogen) atoms. The van der Waals surface area contributed by atoms with E-state index in [1.54, 1.807) is 12.3 Å². The third-order valence-electron chi connectivity index (χ3n) is 2.41. The van der Waals surface area contributed by atoms with Gasteiger partial charge in [-0.25, -0.2) is 4.98 Å². The molecule has 0 aromatic carbocycles. The number of carbonyl (C=O) groups is 1. The molecule has 6 heteroatoms. The Morgan fingerprint density at radius 2 is 2.44 bits per heavy atom. The van der Waals surface area contributed by atoms with E-state index < -0.39 is 0 Å². The van der Waals surface area contributed by atoms with E-state index in [0.717, 1.165) is 16.7 Å². The Morgan fingerprint density at radius 3 is 3.06 bits per heavy atom. The molecular weight excluding hydrogens is 293 g/mol. The Hall–Kier alpha value is -0.810. The van der Waals surface area contributed by atoms with E-state index in [1.165, 1.54) is 0 Å². The summed E-state index contributed by atoms with van der Waals surface area (Å²) in [5.74, 6) is 0.867. The minimum atomic E-state index is 0.112. The third-order valence-corrected chi connectivity index (χ3v) is 3.23. The fraction of sp³-hybridized carbons (Fsp3) is 0.400. The molecule has 1 atom stereocenters. The first kappa shape index (κ1) is 11.7. The molecule has 86 valence electrons. The molecule has 1 aromatic heterocycles. The largest absolute Gasteiger partial charge is 0.365 e. The van der Waals surface area contributed by atoms with Crippen LogP contribution in [0.2, 0.25) is 5.02 Å². The van der Waals surface area contributed by atoms with E-state index >= 15 is 0 Å². The molecule has 1 aromatic rings. The summed E-state index contributed by atoms with van der Waals surface area (Å²) >= 11 is 9.19. The summed E-state index contributed by atoms with van der Waals surface area (Å²) in [5, 5.41) is 6.67. The maximum absolute atomic E-state index is 11.0. The van der Waals surface area contributed by atoms with Crippen LogP contribution in [-0.4, -0.2) is 23.5 Å². The average Bonchev–Trinajstić information content (AvgIpc) is 2.25. The van der Waals surface area contributed by atoms with Crippen LogP contribution in [0.25, 0.3) is 0 Å². The van der Waals surface area contributed by atoms with Crippen molar-refractivity contribution in [1.82, 2.24) is 10.3 Å². The van der Waals surface area contributed by atoms with Crippen molar-refractivity contribution in [3.63, 3.8) is 0 Å². The molecule has 1 aliphatic rings. The first-order valence-electron chi connectivity index (χ1n) is 4.99. The third kappa shape index (κ3) is 2.86. The van der Waals surface area contributed by atoms with Crippen molar-refractivity contribution in [3.05, 3.63) is 21.8 Å². The van der Waals surface area contributed by atoms with Crippen LogP contribution < -0.4 is 10.6 Å². The maximum atomic E-state index is 11.0. The van der Waals surface area contributed by atoms with Crippen molar-refractivity contribution in [2.75, 3.05) is 11.9 Å². The van der Waals surface area contributed by atoms with Crippen molar-refractivity contribution in [2.45, 2.75) is 18.9 Å². The van der Waals surface area contributed by atoms with Gasteiger partial charge in [0.15, 0.2) is 0 Å². The van der Waals surface area contributed by atoms with Gasteiger partial charge >= 0.3 is 0 Å². The number of aromatic nitrogens is 1. The lowest BCUT2D eigenvalue weighted by molar-refractivity contribution is -0.122. The molecular formula is C10H11BrClN3O. The summed E-state index contributed by atoms with van der Waals surface area (Å²) in [6, 6.07) is 2.01. The fourth-order valence-corrected chi connectivity index (χ4v) is 2.32. The highest BCUT2D eigenvalue weighted by molar-refractivity contribution is 9.10. The second-order valence-corrected chi connectivity index (χ2v) is 4.96. The lowest BCUT2D eigenvalue weighted by Gasteiger charge is -2.24. The predicted octanol–water partition coefficient (Wildman–Crippen LogP) is 2.19. The topological polar surface area (TPSA) is 54.0 Å². The molecule has 2 N–H and O–H groups in total. The van der Waals surface area contributed by atoms with Crippen molar-refractivity contribution >= 4 is 39.3 Å². The Bertz CT molecular complexity index is 403. The first-order chi connectivity index (χ1) is 7.65. The summed E-state index contributed by atoms with van der Waals surface area (Å²) < 4.78 is 0.830. The number of carbonyl (C=O) groups excluding carboxylic acids is 1. The molecule has 0 bridgehead atoms. The maximum Gasteiger partial charge on any atom is 0.220 e. The lowest BCUT2D eigenvalue weighted by Crippen LogP contribution is -2.42. The Labute approximate surface area is 107 Å². The summed E-state index contributed by atoms with van der Waals surface area (Å²) in [6.07, 6.45) is 2.97. The van der Waals surface area contributed by atoms with E-state index in [-0.39, 0.29) is 11.9 Å². The van der Waals surface area contributed by atoms with Gasteiger partial charge < -0.3 is 10.6 Å². The number of nitrogens with one attached hydrogen (secondary N) is 2. The Morgan fingerprint density at radius 1 is 1.62 bits per heavy atom. The van der Waals surface area contributed by atoms with Crippen LogP contribution in [0, 0.1) is 0 Å². The van der Waals surface area contributed by atoms with Gasteiger partial charge in [0, 0.05) is 25.2 Å². The standard InChI is InChI=1S/C10H11BrClN3O/c11-8-3-6(12)4-14-10(8)15-7-1-2-9(16)13-5-7/h3-4,7H,1-2,5H2,(H,13,16)(H,14,15). The molecule has 0 saturated carbocycles. The van der Waals surface area contributed by atoms with Crippen LogP contribution >= 0.6 is 27.5 Å². The van der Waals surface area contributed by atoms with Gasteiger partial charge in [-0.3, -0.25) is 4.79 Å². The molecule has 2 heterocycles. The first-order valence-corrected chi connectivity index (χ1v) is 6.16. The predicted molar refractivity (Wildman–Crippen MR) is 66.6 cm³/mol. The second-order valence-electron chi connectivity index (χ2n) is 3.67. The van der Waals surface area contributed by atoms with Gasteiger partial charge in [0.2, 0.25) is 5.91 Å². The number of piperidine rings is 1. The number of amides is 1. The zero-order valence-electron chi connectivity index (χ0n) is 8.46. The van der Waals surface area contributed by atoms with Gasteiger partial charge in [0.1, 0.15) is 5.82 Å². The van der Waals surface area contributed by atoms with E-state index in [2.05, 4.69) is 31.5 Å². The molecule has 1 saturated heterocycles. The Kier molecular flexibility index (Phi) is 3.66. The normalized spacial score (nSPS) is 20.4. The van der Waals surface area contributed by atoms with Crippen molar-refractivity contribution < 1.29 is 4.79 Å². The highest BCUT2D eigenvalue weighted by Gasteiger charge is 2.18. The molecule has 0 aliphatic carbocycles. The number of hydrogen-bond acceptors (Lipinski definition) is 3. The van der Waals surface area contributed by atoms with E-state index in [9.17, 15) is 4.79 Å². The molecule has 0 spiro atoms. The van der Waals surface area contributed by atoms with Crippen LogP contribution in [0.1, 0.15) is 12.8 Å². The minimum absolute atomic E-state index is 0.112. The molecule has 1 amide bonds. The molecule has 2 rings (SSSR count). The zero-order chi connectivity index (χ0) is 11.5. The van der Waals surface area contributed by atoms with E-state index in [4.69, 9.17) is 11.6 Å². The monoisotopic (exact) mass is 303 g/mol. The molecule has 4 nitrogen and oxygen atoms in total. The number of anilines is 1. The summed E-state index contributed by atoms with van der Waals surface area (Å²) in [4.78, 5) is 15.2. The summed E-state index contributed by atoms with van der Waals surface area (Å²) in [7, 11) is 0. The van der Waals surface area contributed by atoms with Crippen LogP contribution in [0.15, 0.2) is 16.7 Å². The minimum Gasteiger partial charge on any atom is -0.365 e. The number of halogens is 2. The average molecular weight is 305 g/mol. The molecule has 1 aliphatic heterocycles. The highest BCUT2D eigenvalue weighted by atomic mass is 79.9. The molecule has 1 fully saturated rings. The number of nitrogens with zero attached hydrogens (tertiary/aromatic N) is 1. The smallest absolute Gasteiger partial charge is 0.220 e. The van der Waals surface area contributed by atoms with Gasteiger partial charge in [0.25, 0.3) is 0 Å². The van der Waals surface area contributed by atoms with Crippen LogP contribution in [0.3, 0.4) is 0 Å². The number of hydrogen-bond donors (Lipinski definition) is 2. The van der Waals surface area contributed by atoms with Gasteiger partial charge in [-0.05, 0) is 28.4 Å². The van der Waals surface area contributed by atoms with E-state index in [1.807, 2.05) is 0 Å². The van der Waals surface area contributed by atoms with Crippen molar-refractivity contribution in [3.8, 4) is 0 Å². The quantitative estimate of drug-likeness (QED) is 0.880. The van der Waals surface area contributed by atoms with Crippen molar-refractivity contribution in [1.29, 1.82) is 0 Å². The highest BCUT2D eigenvalue weighted by Crippen LogP contribution is 2.24. The fourth-order valence-electron chi connectivity index (χ4n) is 1.57. The zero-order valence-corrected chi connectivity index (χ0v) is 10.8. The molecule has 0 radical (unpaired) electrons. The Balaban J connectivity index is 2.01. The van der Waals surface area contributed by atoms with Gasteiger partial charge in [0.05, 0.1) is 9.50 Å². The van der Waals surface area contributed by atoms with Crippen LogP contribution in [0.4, 0.5) is 5.82 Å².